The number of nitrogens with one attached hydrogen (secondary N) is 1. The first-order valence-corrected chi connectivity index (χ1v) is 10.5. The molecule has 1 aliphatic carbocycles. The average molecular weight is 407 g/mol. The van der Waals surface area contributed by atoms with Crippen molar-refractivity contribution in [3.8, 4) is 0 Å². The molecule has 156 valence electrons. The van der Waals surface area contributed by atoms with Gasteiger partial charge in [-0.25, -0.2) is 4.39 Å². The molecule has 0 spiro atoms. The number of fused-ring (bicyclic) bond motifs is 1. The second-order valence-corrected chi connectivity index (χ2v) is 8.07. The predicted molar refractivity (Wildman–Crippen MR) is 115 cm³/mol. The van der Waals surface area contributed by atoms with Crippen LogP contribution in [0.1, 0.15) is 53.6 Å². The minimum Gasteiger partial charge on any atom is -0.369 e. The van der Waals surface area contributed by atoms with Gasteiger partial charge in [-0.15, -0.1) is 0 Å². The molecule has 4 rings (SSSR count). The average Bonchev–Trinajstić information content (AvgIpc) is 3.10. The number of amides is 2. The molecule has 1 fully saturated rings. The van der Waals surface area contributed by atoms with E-state index in [4.69, 9.17) is 5.73 Å². The van der Waals surface area contributed by atoms with Crippen molar-refractivity contribution in [1.29, 1.82) is 0 Å². The zero-order valence-corrected chi connectivity index (χ0v) is 16.9. The lowest BCUT2D eigenvalue weighted by Crippen LogP contribution is -2.36. The topological polar surface area (TPSA) is 77.1 Å². The number of benzene rings is 2. The van der Waals surface area contributed by atoms with E-state index in [0.717, 1.165) is 36.8 Å². The third-order valence-corrected chi connectivity index (χ3v) is 5.79. The molecule has 30 heavy (non-hydrogen) atoms. The van der Waals surface area contributed by atoms with Gasteiger partial charge in [0.1, 0.15) is 5.82 Å². The van der Waals surface area contributed by atoms with Crippen LogP contribution in [0.2, 0.25) is 0 Å². The predicted octanol–water partition coefficient (Wildman–Crippen LogP) is 3.92. The summed E-state index contributed by atoms with van der Waals surface area (Å²) in [6, 6.07) is 12.6. The Morgan fingerprint density at radius 3 is 2.43 bits per heavy atom. The highest BCUT2D eigenvalue weighted by Gasteiger charge is 2.22. The van der Waals surface area contributed by atoms with Crippen LogP contribution >= 0.6 is 0 Å². The maximum Gasteiger partial charge on any atom is 0.253 e. The maximum absolute atomic E-state index is 14.7. The summed E-state index contributed by atoms with van der Waals surface area (Å²) in [6.07, 6.45) is 7.33. The number of rotatable bonds is 6. The lowest BCUT2D eigenvalue weighted by molar-refractivity contribution is -0.117. The SMILES string of the molecule is NC(=O)Cc1ccc(Cn2cc(C(=O)NC3CCCCC3)c3c(F)cccc32)cc1. The number of nitrogens with zero attached hydrogens (tertiary/aromatic N) is 1. The largest absolute Gasteiger partial charge is 0.369 e. The Kier molecular flexibility index (Phi) is 5.84. The van der Waals surface area contributed by atoms with Gasteiger partial charge in [0.15, 0.2) is 0 Å². The first-order chi connectivity index (χ1) is 14.5. The van der Waals surface area contributed by atoms with Gasteiger partial charge in [0.25, 0.3) is 5.91 Å². The summed E-state index contributed by atoms with van der Waals surface area (Å²) in [5.41, 5.74) is 8.14. The Morgan fingerprint density at radius 2 is 1.73 bits per heavy atom. The minimum atomic E-state index is -0.392. The van der Waals surface area contributed by atoms with Gasteiger partial charge in [-0.1, -0.05) is 49.6 Å². The zero-order chi connectivity index (χ0) is 21.1. The van der Waals surface area contributed by atoms with E-state index in [-0.39, 0.29) is 24.3 Å². The van der Waals surface area contributed by atoms with Crippen LogP contribution in [0.15, 0.2) is 48.7 Å². The fraction of sp³-hybridized carbons (Fsp3) is 0.333. The van der Waals surface area contributed by atoms with Gasteiger partial charge in [0.05, 0.1) is 17.5 Å². The van der Waals surface area contributed by atoms with E-state index in [1.54, 1.807) is 12.3 Å². The third-order valence-electron chi connectivity index (χ3n) is 5.79. The fourth-order valence-corrected chi connectivity index (χ4v) is 4.28. The monoisotopic (exact) mass is 407 g/mol. The van der Waals surface area contributed by atoms with Gasteiger partial charge in [-0.3, -0.25) is 9.59 Å². The van der Waals surface area contributed by atoms with Gasteiger partial charge < -0.3 is 15.6 Å². The molecular weight excluding hydrogens is 381 g/mol. The standard InChI is InChI=1S/C24H26FN3O2/c25-20-7-4-8-21-23(20)19(24(30)27-18-5-2-1-3-6-18)15-28(21)14-17-11-9-16(10-12-17)13-22(26)29/h4,7-12,15,18H,1-3,5-6,13-14H2,(H2,26,29)(H,27,30). The smallest absolute Gasteiger partial charge is 0.253 e. The number of primary amides is 1. The van der Waals surface area contributed by atoms with Crippen molar-refractivity contribution in [2.75, 3.05) is 0 Å². The molecule has 3 aromatic rings. The van der Waals surface area contributed by atoms with Crippen LogP contribution in [0.5, 0.6) is 0 Å². The van der Waals surface area contributed by atoms with Crippen molar-refractivity contribution >= 4 is 22.7 Å². The summed E-state index contributed by atoms with van der Waals surface area (Å²) in [4.78, 5) is 24.0. The molecule has 5 nitrogen and oxygen atoms in total. The molecule has 1 heterocycles. The normalized spacial score (nSPS) is 14.7. The third kappa shape index (κ3) is 4.37. The molecule has 0 aliphatic heterocycles. The van der Waals surface area contributed by atoms with Crippen LogP contribution in [-0.4, -0.2) is 22.4 Å². The molecule has 1 aromatic heterocycles. The van der Waals surface area contributed by atoms with Gasteiger partial charge >= 0.3 is 0 Å². The Balaban J connectivity index is 1.61. The molecule has 6 heteroatoms. The molecule has 0 bridgehead atoms. The molecule has 0 radical (unpaired) electrons. The molecule has 2 amide bonds. The summed E-state index contributed by atoms with van der Waals surface area (Å²) >= 11 is 0. The second-order valence-electron chi connectivity index (χ2n) is 8.07. The van der Waals surface area contributed by atoms with Gasteiger partial charge in [0.2, 0.25) is 5.91 Å². The Labute approximate surface area is 175 Å². The summed E-state index contributed by atoms with van der Waals surface area (Å²) in [7, 11) is 0. The molecule has 0 saturated heterocycles. The Morgan fingerprint density at radius 1 is 1.03 bits per heavy atom. The van der Waals surface area contributed by atoms with Crippen LogP contribution in [-0.2, 0) is 17.8 Å². The van der Waals surface area contributed by atoms with Crippen LogP contribution in [0.3, 0.4) is 0 Å². The van der Waals surface area contributed by atoms with Crippen molar-refractivity contribution in [3.05, 3.63) is 71.2 Å². The summed E-state index contributed by atoms with van der Waals surface area (Å²) in [5, 5.41) is 3.45. The van der Waals surface area contributed by atoms with E-state index in [9.17, 15) is 14.0 Å². The van der Waals surface area contributed by atoms with Crippen LogP contribution in [0, 0.1) is 5.82 Å². The highest BCUT2D eigenvalue weighted by Crippen LogP contribution is 2.26. The molecule has 2 aromatic carbocycles. The lowest BCUT2D eigenvalue weighted by Gasteiger charge is -2.22. The zero-order valence-electron chi connectivity index (χ0n) is 16.9. The van der Waals surface area contributed by atoms with Gasteiger partial charge in [-0.2, -0.15) is 0 Å². The van der Waals surface area contributed by atoms with Crippen LogP contribution in [0.25, 0.3) is 10.9 Å². The van der Waals surface area contributed by atoms with Crippen LogP contribution in [0.4, 0.5) is 4.39 Å². The van der Waals surface area contributed by atoms with E-state index in [2.05, 4.69) is 5.32 Å². The lowest BCUT2D eigenvalue weighted by atomic mass is 9.95. The number of hydrogen-bond donors (Lipinski definition) is 2. The number of halogens is 1. The maximum atomic E-state index is 14.7. The van der Waals surface area contributed by atoms with Crippen molar-refractivity contribution in [1.82, 2.24) is 9.88 Å². The second kappa shape index (κ2) is 8.69. The van der Waals surface area contributed by atoms with Gasteiger partial charge in [0, 0.05) is 24.2 Å². The first-order valence-electron chi connectivity index (χ1n) is 10.5. The quantitative estimate of drug-likeness (QED) is 0.650. The number of nitrogens with two attached hydrogens (primary N) is 1. The number of hydrogen-bond acceptors (Lipinski definition) is 2. The number of aromatic nitrogens is 1. The Hall–Kier alpha value is -3.15. The van der Waals surface area contributed by atoms with E-state index in [1.165, 1.54) is 12.5 Å². The van der Waals surface area contributed by atoms with Crippen molar-refractivity contribution in [3.63, 3.8) is 0 Å². The van der Waals surface area contributed by atoms with Gasteiger partial charge in [-0.05, 0) is 36.1 Å². The van der Waals surface area contributed by atoms with E-state index in [0.29, 0.717) is 23.0 Å². The molecule has 3 N–H and O–H groups in total. The van der Waals surface area contributed by atoms with E-state index >= 15 is 0 Å². The summed E-state index contributed by atoms with van der Waals surface area (Å²) < 4.78 is 16.6. The molecule has 0 unspecified atom stereocenters. The number of carbonyl (C=O) groups is 2. The van der Waals surface area contributed by atoms with Crippen LogP contribution < -0.4 is 11.1 Å². The van der Waals surface area contributed by atoms with E-state index in [1.807, 2.05) is 34.9 Å². The molecule has 1 aliphatic rings. The number of carbonyl (C=O) groups excluding carboxylic acids is 2. The van der Waals surface area contributed by atoms with E-state index < -0.39 is 5.82 Å². The summed E-state index contributed by atoms with van der Waals surface area (Å²) in [6.45, 7) is 0.494. The summed E-state index contributed by atoms with van der Waals surface area (Å²) in [5.74, 6) is -0.979. The Bertz CT molecular complexity index is 1070. The molecule has 0 atom stereocenters. The highest BCUT2D eigenvalue weighted by atomic mass is 19.1. The van der Waals surface area contributed by atoms with Crippen molar-refractivity contribution in [2.45, 2.75) is 51.1 Å². The first kappa shape index (κ1) is 20.1. The van der Waals surface area contributed by atoms with Crippen molar-refractivity contribution < 1.29 is 14.0 Å². The van der Waals surface area contributed by atoms with Crippen molar-refractivity contribution in [2.24, 2.45) is 5.73 Å². The minimum absolute atomic E-state index is 0.161. The molecule has 1 saturated carbocycles. The highest BCUT2D eigenvalue weighted by molar-refractivity contribution is 6.07. The fourth-order valence-electron chi connectivity index (χ4n) is 4.28. The molecular formula is C24H26FN3O2.